The lowest BCUT2D eigenvalue weighted by molar-refractivity contribution is 0.630. The third-order valence-electron chi connectivity index (χ3n) is 4.80. The molecule has 2 aromatic heterocycles. The van der Waals surface area contributed by atoms with Crippen molar-refractivity contribution >= 4 is 40.5 Å². The van der Waals surface area contributed by atoms with E-state index in [1.165, 1.54) is 6.07 Å². The van der Waals surface area contributed by atoms with Gasteiger partial charge in [0, 0.05) is 35.3 Å². The zero-order chi connectivity index (χ0) is 23.2. The van der Waals surface area contributed by atoms with Crippen LogP contribution in [0.1, 0.15) is 6.42 Å². The van der Waals surface area contributed by atoms with Crippen LogP contribution in [0.5, 0.6) is 0 Å². The second-order valence-corrected chi connectivity index (χ2v) is 8.09. The highest BCUT2D eigenvalue weighted by atomic mass is 35.5. The van der Waals surface area contributed by atoms with Gasteiger partial charge in [0.25, 0.3) is 0 Å². The minimum Gasteiger partial charge on any atom is -0.397 e. The van der Waals surface area contributed by atoms with Gasteiger partial charge in [-0.2, -0.15) is 0 Å². The molecule has 6 nitrogen and oxygen atoms in total. The SMILES string of the molecule is Nc1ccc(NCCCNc2cc(-c3ccccc3F)nc(-c3ccc(Cl)cc3Cl)n2)nc1. The first kappa shape index (κ1) is 22.8. The van der Waals surface area contributed by atoms with Crippen LogP contribution in [0.3, 0.4) is 0 Å². The van der Waals surface area contributed by atoms with Gasteiger partial charge in [0.15, 0.2) is 5.82 Å². The van der Waals surface area contributed by atoms with Crippen molar-refractivity contribution in [2.75, 3.05) is 29.5 Å². The number of anilines is 3. The van der Waals surface area contributed by atoms with Gasteiger partial charge in [-0.05, 0) is 48.9 Å². The third-order valence-corrected chi connectivity index (χ3v) is 5.35. The van der Waals surface area contributed by atoms with Crippen LogP contribution in [-0.4, -0.2) is 28.0 Å². The maximum absolute atomic E-state index is 14.5. The van der Waals surface area contributed by atoms with Gasteiger partial charge in [0.2, 0.25) is 0 Å². The second kappa shape index (κ2) is 10.5. The quantitative estimate of drug-likeness (QED) is 0.261. The van der Waals surface area contributed by atoms with E-state index in [1.807, 2.05) is 6.07 Å². The van der Waals surface area contributed by atoms with Gasteiger partial charge >= 0.3 is 0 Å². The summed E-state index contributed by atoms with van der Waals surface area (Å²) >= 11 is 12.4. The largest absolute Gasteiger partial charge is 0.397 e. The van der Waals surface area contributed by atoms with Gasteiger partial charge in [-0.1, -0.05) is 35.3 Å². The average molecular weight is 483 g/mol. The predicted octanol–water partition coefficient (Wildman–Crippen LogP) is 6.15. The fourth-order valence-corrected chi connectivity index (χ4v) is 3.66. The molecule has 0 aliphatic rings. The lowest BCUT2D eigenvalue weighted by atomic mass is 10.1. The van der Waals surface area contributed by atoms with Crippen molar-refractivity contribution in [3.05, 3.63) is 82.7 Å². The summed E-state index contributed by atoms with van der Waals surface area (Å²) in [5.41, 5.74) is 7.71. The molecule has 0 radical (unpaired) electrons. The minimum atomic E-state index is -0.365. The first-order valence-corrected chi connectivity index (χ1v) is 11.0. The number of hydrogen-bond donors (Lipinski definition) is 3. The Hall–Kier alpha value is -3.42. The Morgan fingerprint density at radius 2 is 1.64 bits per heavy atom. The van der Waals surface area contributed by atoms with E-state index in [9.17, 15) is 4.39 Å². The van der Waals surface area contributed by atoms with Crippen molar-refractivity contribution < 1.29 is 4.39 Å². The van der Waals surface area contributed by atoms with Crippen molar-refractivity contribution in [2.45, 2.75) is 6.42 Å². The summed E-state index contributed by atoms with van der Waals surface area (Å²) in [6.45, 7) is 1.33. The molecular formula is C24H21Cl2FN6. The number of nitrogens with two attached hydrogens (primary N) is 1. The van der Waals surface area contributed by atoms with E-state index < -0.39 is 0 Å². The molecule has 0 atom stereocenters. The smallest absolute Gasteiger partial charge is 0.163 e. The highest BCUT2D eigenvalue weighted by Gasteiger charge is 2.14. The van der Waals surface area contributed by atoms with E-state index in [-0.39, 0.29) is 5.82 Å². The van der Waals surface area contributed by atoms with Gasteiger partial charge in [-0.25, -0.2) is 19.3 Å². The Labute approximate surface area is 201 Å². The van der Waals surface area contributed by atoms with Crippen molar-refractivity contribution in [1.29, 1.82) is 0 Å². The highest BCUT2D eigenvalue weighted by Crippen LogP contribution is 2.31. The summed E-state index contributed by atoms with van der Waals surface area (Å²) in [4.78, 5) is 13.4. The van der Waals surface area contributed by atoms with Crippen LogP contribution >= 0.6 is 23.2 Å². The first-order valence-electron chi connectivity index (χ1n) is 10.3. The summed E-state index contributed by atoms with van der Waals surface area (Å²) in [7, 11) is 0. The van der Waals surface area contributed by atoms with E-state index in [1.54, 1.807) is 54.7 Å². The number of hydrogen-bond acceptors (Lipinski definition) is 6. The molecule has 9 heteroatoms. The number of pyridine rings is 1. The standard InChI is InChI=1S/C24H21Cl2FN6/c25-15-6-8-17(19(26)12-15)24-32-21(18-4-1-2-5-20(18)27)13-23(33-24)30-11-3-10-29-22-9-7-16(28)14-31-22/h1-2,4-9,12-14H,3,10-11,28H2,(H,29,31)(H,30,32,33). The van der Waals surface area contributed by atoms with E-state index in [0.717, 1.165) is 12.2 Å². The molecule has 0 saturated heterocycles. The Kier molecular flexibility index (Phi) is 7.22. The van der Waals surface area contributed by atoms with E-state index in [2.05, 4.69) is 25.6 Å². The van der Waals surface area contributed by atoms with Crippen LogP contribution in [0, 0.1) is 5.82 Å². The van der Waals surface area contributed by atoms with Crippen LogP contribution < -0.4 is 16.4 Å². The second-order valence-electron chi connectivity index (χ2n) is 7.25. The summed E-state index contributed by atoms with van der Waals surface area (Å²) in [6, 6.07) is 16.9. The first-order chi connectivity index (χ1) is 16.0. The monoisotopic (exact) mass is 482 g/mol. The summed E-state index contributed by atoms with van der Waals surface area (Å²) < 4.78 is 14.5. The Bertz CT molecular complexity index is 1250. The maximum Gasteiger partial charge on any atom is 0.163 e. The summed E-state index contributed by atoms with van der Waals surface area (Å²) in [5.74, 6) is 1.34. The molecule has 0 fully saturated rings. The van der Waals surface area contributed by atoms with E-state index in [4.69, 9.17) is 28.9 Å². The predicted molar refractivity (Wildman–Crippen MR) is 133 cm³/mol. The number of benzene rings is 2. The number of aromatic nitrogens is 3. The Balaban J connectivity index is 1.53. The van der Waals surface area contributed by atoms with Crippen LogP contribution in [0.2, 0.25) is 10.0 Å². The molecule has 2 aromatic carbocycles. The molecule has 0 unspecified atom stereocenters. The molecule has 4 aromatic rings. The normalized spacial score (nSPS) is 10.8. The molecule has 0 aliphatic carbocycles. The third kappa shape index (κ3) is 5.88. The van der Waals surface area contributed by atoms with Gasteiger partial charge in [0.05, 0.1) is 22.6 Å². The molecule has 0 spiro atoms. The number of nitrogens with one attached hydrogen (secondary N) is 2. The lowest BCUT2D eigenvalue weighted by Gasteiger charge is -2.12. The number of nitrogen functional groups attached to an aromatic ring is 1. The highest BCUT2D eigenvalue weighted by molar-refractivity contribution is 6.36. The van der Waals surface area contributed by atoms with Gasteiger partial charge in [-0.3, -0.25) is 0 Å². The van der Waals surface area contributed by atoms with Crippen LogP contribution in [0.15, 0.2) is 66.9 Å². The van der Waals surface area contributed by atoms with Crippen molar-refractivity contribution in [3.63, 3.8) is 0 Å². The van der Waals surface area contributed by atoms with Crippen molar-refractivity contribution in [1.82, 2.24) is 15.0 Å². The molecule has 0 aliphatic heterocycles. The topological polar surface area (TPSA) is 88.8 Å². The van der Waals surface area contributed by atoms with E-state index in [0.29, 0.717) is 57.3 Å². The molecule has 2 heterocycles. The zero-order valence-electron chi connectivity index (χ0n) is 17.5. The maximum atomic E-state index is 14.5. The van der Waals surface area contributed by atoms with Gasteiger partial charge < -0.3 is 16.4 Å². The number of nitrogens with zero attached hydrogens (tertiary/aromatic N) is 3. The van der Waals surface area contributed by atoms with E-state index >= 15 is 0 Å². The molecule has 33 heavy (non-hydrogen) atoms. The number of halogens is 3. The Morgan fingerprint density at radius 3 is 2.36 bits per heavy atom. The van der Waals surface area contributed by atoms with Gasteiger partial charge in [-0.15, -0.1) is 0 Å². The van der Waals surface area contributed by atoms with Crippen molar-refractivity contribution in [3.8, 4) is 22.6 Å². The van der Waals surface area contributed by atoms with Crippen LogP contribution in [-0.2, 0) is 0 Å². The zero-order valence-corrected chi connectivity index (χ0v) is 19.0. The summed E-state index contributed by atoms with van der Waals surface area (Å²) in [6.07, 6.45) is 2.40. The fourth-order valence-electron chi connectivity index (χ4n) is 3.17. The fraction of sp³-hybridized carbons (Fsp3) is 0.125. The van der Waals surface area contributed by atoms with Crippen LogP contribution in [0.25, 0.3) is 22.6 Å². The number of rotatable bonds is 8. The van der Waals surface area contributed by atoms with Crippen LogP contribution in [0.4, 0.5) is 21.7 Å². The van der Waals surface area contributed by atoms with Crippen molar-refractivity contribution in [2.24, 2.45) is 0 Å². The minimum absolute atomic E-state index is 0.365. The molecule has 4 N–H and O–H groups in total. The molecule has 0 bridgehead atoms. The molecular weight excluding hydrogens is 462 g/mol. The Morgan fingerprint density at radius 1 is 0.848 bits per heavy atom. The average Bonchev–Trinajstić information content (AvgIpc) is 2.80. The lowest BCUT2D eigenvalue weighted by Crippen LogP contribution is -2.11. The molecule has 0 amide bonds. The van der Waals surface area contributed by atoms with Gasteiger partial charge in [0.1, 0.15) is 17.5 Å². The molecule has 168 valence electrons. The molecule has 4 rings (SSSR count). The summed E-state index contributed by atoms with van der Waals surface area (Å²) in [5, 5.41) is 7.45. The molecule has 0 saturated carbocycles.